The van der Waals surface area contributed by atoms with E-state index in [1.807, 2.05) is 0 Å². The number of halogens is 6. The molecule has 0 amide bonds. The van der Waals surface area contributed by atoms with Gasteiger partial charge < -0.3 is 0 Å². The summed E-state index contributed by atoms with van der Waals surface area (Å²) in [6, 6.07) is 0. The smallest absolute Gasteiger partial charge is 0.212 e. The number of nitrogens with zero attached hydrogens (tertiary/aromatic N) is 2. The van der Waals surface area contributed by atoms with E-state index in [0.717, 1.165) is 0 Å². The monoisotopic (exact) mass is 508 g/mol. The number of sulfonamides is 4. The molecular weight excluding hydrogens is 494 g/mol. The van der Waals surface area contributed by atoms with E-state index in [1.54, 1.807) is 0 Å². The molecule has 0 atom stereocenters. The van der Waals surface area contributed by atoms with Crippen LogP contribution >= 0.6 is 0 Å². The summed E-state index contributed by atoms with van der Waals surface area (Å²) in [6.45, 7) is -2.82. The fraction of sp³-hybridized carbons (Fsp3) is 1.00. The zero-order valence-electron chi connectivity index (χ0n) is 13.9. The van der Waals surface area contributed by atoms with Gasteiger partial charge in [0.2, 0.25) is 20.0 Å². The highest BCUT2D eigenvalue weighted by atomic mass is 32.3. The second-order valence-electron chi connectivity index (χ2n) is 5.13. The van der Waals surface area contributed by atoms with E-state index in [9.17, 15) is 60.0 Å². The molecule has 0 aromatic carbocycles. The highest BCUT2D eigenvalue weighted by Gasteiger charge is 2.61. The minimum absolute atomic E-state index is 0.138. The molecule has 0 aliphatic carbocycles. The normalized spacial score (nSPS) is 15.4. The van der Waals surface area contributed by atoms with Gasteiger partial charge in [-0.1, -0.05) is 7.42 Å². The Bertz CT molecular complexity index is 905. The van der Waals surface area contributed by atoms with Crippen LogP contribution in [-0.2, 0) is 40.1 Å². The number of rotatable bonds is 9. The van der Waals surface area contributed by atoms with Crippen molar-refractivity contribution in [2.75, 3.05) is 25.6 Å². The summed E-state index contributed by atoms with van der Waals surface area (Å²) in [5.41, 5.74) is -12.8. The molecule has 0 aliphatic rings. The molecule has 0 spiro atoms. The Hall–Kier alpha value is -0.700. The first-order chi connectivity index (χ1) is 12.0. The molecule has 0 saturated carbocycles. The van der Waals surface area contributed by atoms with Gasteiger partial charge in [-0.15, -0.1) is 0 Å². The van der Waals surface area contributed by atoms with Gasteiger partial charge >= 0.3 is 31.1 Å². The molecule has 0 bridgehead atoms. The fourth-order valence-electron chi connectivity index (χ4n) is 1.66. The van der Waals surface area contributed by atoms with E-state index in [2.05, 4.69) is 0 Å². The SMILES string of the molecule is CS(=O)(=O)N(CCCCN(S(=O)(=O)C(F)(F)F)S(=O)(=O)C(F)(F)F)S(C)(=O)=O. The second-order valence-corrected chi connectivity index (χ2v) is 13.1. The summed E-state index contributed by atoms with van der Waals surface area (Å²) in [6.07, 6.45) is -0.936. The minimum atomic E-state index is -6.96. The van der Waals surface area contributed by atoms with Crippen LogP contribution in [0.25, 0.3) is 0 Å². The third kappa shape index (κ3) is 6.40. The average Bonchev–Trinajstić information content (AvgIpc) is 2.36. The van der Waals surface area contributed by atoms with Crippen molar-refractivity contribution in [1.82, 2.24) is 7.42 Å². The van der Waals surface area contributed by atoms with Gasteiger partial charge in [-0.3, -0.25) is 0 Å². The van der Waals surface area contributed by atoms with Crippen molar-refractivity contribution in [3.05, 3.63) is 0 Å². The van der Waals surface area contributed by atoms with Gasteiger partial charge in [0.1, 0.15) is 0 Å². The van der Waals surface area contributed by atoms with E-state index < -0.39 is 80.8 Å². The van der Waals surface area contributed by atoms with Crippen molar-refractivity contribution < 1.29 is 60.0 Å². The largest absolute Gasteiger partial charge is 0.512 e. The predicted molar refractivity (Wildman–Crippen MR) is 82.3 cm³/mol. The van der Waals surface area contributed by atoms with E-state index in [4.69, 9.17) is 0 Å². The first-order valence-electron chi connectivity index (χ1n) is 6.55. The number of hydrogen-bond acceptors (Lipinski definition) is 8. The van der Waals surface area contributed by atoms with Gasteiger partial charge in [0.15, 0.2) is 0 Å². The maximum Gasteiger partial charge on any atom is 0.512 e. The molecule has 0 aliphatic heterocycles. The molecule has 0 saturated heterocycles. The molecule has 20 heteroatoms. The second kappa shape index (κ2) is 8.20. The summed E-state index contributed by atoms with van der Waals surface area (Å²) in [7, 11) is -22.7. The van der Waals surface area contributed by atoms with Gasteiger partial charge in [0, 0.05) is 13.1 Å². The standard InChI is InChI=1S/C8H14F6N2O8S4/c1-25(17,18)15(26(2,19)20)5-3-4-6-16(27(21,22)7(9,10)11)28(23,24)8(12,13)14/h3-6H2,1-2H3. The lowest BCUT2D eigenvalue weighted by Crippen LogP contribution is -2.49. The molecule has 0 N–H and O–H groups in total. The van der Waals surface area contributed by atoms with Crippen LogP contribution in [0.5, 0.6) is 0 Å². The zero-order valence-corrected chi connectivity index (χ0v) is 17.2. The Morgan fingerprint density at radius 2 is 0.821 bits per heavy atom. The zero-order chi connectivity index (χ0) is 23.0. The van der Waals surface area contributed by atoms with Crippen LogP contribution in [0.15, 0.2) is 0 Å². The van der Waals surface area contributed by atoms with E-state index in [-0.39, 0.29) is 3.71 Å². The quantitative estimate of drug-likeness (QED) is 0.313. The van der Waals surface area contributed by atoms with Gasteiger partial charge in [-0.2, -0.15) is 26.3 Å². The molecule has 0 unspecified atom stereocenters. The lowest BCUT2D eigenvalue weighted by Gasteiger charge is -2.24. The number of hydrogen-bond donors (Lipinski definition) is 0. The van der Waals surface area contributed by atoms with Gasteiger partial charge in [0.25, 0.3) is 0 Å². The Morgan fingerprint density at radius 1 is 0.571 bits per heavy atom. The van der Waals surface area contributed by atoms with E-state index in [0.29, 0.717) is 12.5 Å². The summed E-state index contributed by atoms with van der Waals surface area (Å²) in [5, 5.41) is 0. The summed E-state index contributed by atoms with van der Waals surface area (Å²) >= 11 is 0. The van der Waals surface area contributed by atoms with Crippen molar-refractivity contribution in [3.8, 4) is 0 Å². The van der Waals surface area contributed by atoms with Crippen molar-refractivity contribution >= 4 is 40.1 Å². The molecule has 170 valence electrons. The lowest BCUT2D eigenvalue weighted by atomic mass is 10.3. The fourth-order valence-corrected chi connectivity index (χ4v) is 7.29. The Labute approximate surface area is 157 Å². The summed E-state index contributed by atoms with van der Waals surface area (Å²) in [5.74, 6) is 0. The van der Waals surface area contributed by atoms with Crippen LogP contribution in [0, 0.1) is 0 Å². The highest BCUT2D eigenvalue weighted by molar-refractivity contribution is 8.04. The average molecular weight is 508 g/mol. The van der Waals surface area contributed by atoms with Crippen LogP contribution in [0.1, 0.15) is 12.8 Å². The van der Waals surface area contributed by atoms with E-state index in [1.165, 1.54) is 0 Å². The van der Waals surface area contributed by atoms with Crippen LogP contribution in [0.4, 0.5) is 26.3 Å². The third-order valence-electron chi connectivity index (χ3n) is 2.79. The number of unbranched alkanes of at least 4 members (excludes halogenated alkanes) is 1. The van der Waals surface area contributed by atoms with Crippen LogP contribution in [0.2, 0.25) is 0 Å². The molecular formula is C8H14F6N2O8S4. The maximum absolute atomic E-state index is 12.5. The highest BCUT2D eigenvalue weighted by Crippen LogP contribution is 2.35. The first-order valence-corrected chi connectivity index (χ1v) is 13.1. The number of alkyl halides is 6. The summed E-state index contributed by atoms with van der Waals surface area (Å²) in [4.78, 5) is 0. The first kappa shape index (κ1) is 27.3. The van der Waals surface area contributed by atoms with Crippen LogP contribution in [-0.4, -0.2) is 77.7 Å². The molecule has 0 aromatic heterocycles. The van der Waals surface area contributed by atoms with Crippen LogP contribution in [0.3, 0.4) is 0 Å². The summed E-state index contributed by atoms with van der Waals surface area (Å²) < 4.78 is 163. The minimum Gasteiger partial charge on any atom is -0.212 e. The molecule has 10 nitrogen and oxygen atoms in total. The van der Waals surface area contributed by atoms with E-state index >= 15 is 0 Å². The molecule has 0 aromatic rings. The van der Waals surface area contributed by atoms with Crippen molar-refractivity contribution in [2.24, 2.45) is 0 Å². The Kier molecular flexibility index (Phi) is 8.00. The topological polar surface area (TPSA) is 143 Å². The molecule has 0 fully saturated rings. The van der Waals surface area contributed by atoms with Crippen molar-refractivity contribution in [3.63, 3.8) is 0 Å². The van der Waals surface area contributed by atoms with Gasteiger partial charge in [-0.25, -0.2) is 33.7 Å². The molecule has 0 heterocycles. The predicted octanol–water partition coefficient (Wildman–Crippen LogP) is -0.0110. The third-order valence-corrected chi connectivity index (χ3v) is 10.0. The van der Waals surface area contributed by atoms with Gasteiger partial charge in [0.05, 0.1) is 12.5 Å². The van der Waals surface area contributed by atoms with Crippen LogP contribution < -0.4 is 0 Å². The maximum atomic E-state index is 12.5. The molecule has 28 heavy (non-hydrogen) atoms. The Morgan fingerprint density at radius 3 is 1.04 bits per heavy atom. The molecule has 0 radical (unpaired) electrons. The van der Waals surface area contributed by atoms with Gasteiger partial charge in [-0.05, 0) is 12.8 Å². The Balaban J connectivity index is 5.71. The lowest BCUT2D eigenvalue weighted by molar-refractivity contribution is -0.0531. The molecule has 0 rings (SSSR count). The van der Waals surface area contributed by atoms with Crippen molar-refractivity contribution in [2.45, 2.75) is 23.9 Å². The van der Waals surface area contributed by atoms with Crippen molar-refractivity contribution in [1.29, 1.82) is 0 Å².